The normalized spacial score (nSPS) is 14.5. The van der Waals surface area contributed by atoms with Crippen molar-refractivity contribution in [1.82, 2.24) is 31.5 Å². The molecule has 9 amide bonds. The number of esters is 1. The molecule has 2 rings (SSSR count). The van der Waals surface area contributed by atoms with Gasteiger partial charge in [-0.3, -0.25) is 43.3 Å². The molecule has 0 spiro atoms. The largest absolute Gasteiger partial charge is 0.461 e. The Hall–Kier alpha value is -5.87. The molecule has 0 radical (unpaired) electrons. The molecular formula is C49H80N8O18. The Morgan fingerprint density at radius 1 is 0.640 bits per heavy atom. The van der Waals surface area contributed by atoms with Crippen LogP contribution in [0.3, 0.4) is 0 Å². The van der Waals surface area contributed by atoms with Crippen LogP contribution >= 0.6 is 0 Å². The Kier molecular flexibility index (Phi) is 34.4. The molecule has 0 saturated carbocycles. The molecule has 0 aliphatic carbocycles. The molecule has 424 valence electrons. The highest BCUT2D eigenvalue weighted by molar-refractivity contribution is 6.06. The third kappa shape index (κ3) is 30.3. The highest BCUT2D eigenvalue weighted by Crippen LogP contribution is 2.18. The number of hydrogen-bond donors (Lipinski definition) is 7. The number of amides is 9. The fourth-order valence-electron chi connectivity index (χ4n) is 6.78. The van der Waals surface area contributed by atoms with Crippen LogP contribution in [0.4, 0.5) is 10.5 Å². The molecule has 1 aliphatic rings. The number of carbonyl (C=O) groups is 9. The average molecular weight is 1070 g/mol. The van der Waals surface area contributed by atoms with Gasteiger partial charge in [0.25, 0.3) is 0 Å². The van der Waals surface area contributed by atoms with Crippen molar-refractivity contribution in [2.24, 2.45) is 17.6 Å². The van der Waals surface area contributed by atoms with Gasteiger partial charge >= 0.3 is 12.0 Å². The first-order valence-corrected chi connectivity index (χ1v) is 25.1. The van der Waals surface area contributed by atoms with E-state index < -0.39 is 89.9 Å². The predicted molar refractivity (Wildman–Crippen MR) is 268 cm³/mol. The minimum absolute atomic E-state index is 0.0298. The van der Waals surface area contributed by atoms with Crippen LogP contribution in [0.2, 0.25) is 0 Å². The van der Waals surface area contributed by atoms with Crippen molar-refractivity contribution in [3.63, 3.8) is 0 Å². The fourth-order valence-corrected chi connectivity index (χ4v) is 6.78. The predicted octanol–water partition coefficient (Wildman–Crippen LogP) is -0.699. The zero-order chi connectivity index (χ0) is 55.2. The standard InChI is InChI=1S/C49H80N8O18/c1-34(2)44(47(64)55-39(7-6-14-52-49(50)66)45(62)53-38-10-8-37(9-11-38)33-75-36(4)58)56-46(63)40(54-42(60)32-57-43(61)31-35(3)48(57)65)12-15-51-41(59)13-16-68-19-20-70-23-24-72-27-28-74-30-29-73-26-25-71-22-21-69-18-17-67-5/h8-11,34-35,39-40,44H,6-7,12-33H2,1-5H3,(H,51,59)(H,53,62)(H,54,60)(H,55,64)(H,56,63)(H3,50,52,66)/t35?,39?,40-,44-/m0/s1. The molecule has 1 aromatic rings. The van der Waals surface area contributed by atoms with Crippen LogP contribution in [0.15, 0.2) is 24.3 Å². The van der Waals surface area contributed by atoms with Gasteiger partial charge in [0.1, 0.15) is 31.3 Å². The number of anilines is 1. The fraction of sp³-hybridized carbons (Fsp3) is 0.694. The zero-order valence-corrected chi connectivity index (χ0v) is 44.0. The van der Waals surface area contributed by atoms with Gasteiger partial charge in [-0.2, -0.15) is 0 Å². The second-order valence-corrected chi connectivity index (χ2v) is 17.4. The van der Waals surface area contributed by atoms with Crippen molar-refractivity contribution >= 4 is 59.0 Å². The molecule has 2 unspecified atom stereocenters. The molecule has 1 heterocycles. The van der Waals surface area contributed by atoms with Crippen molar-refractivity contribution in [2.75, 3.05) is 131 Å². The number of imide groups is 1. The summed E-state index contributed by atoms with van der Waals surface area (Å²) in [5, 5.41) is 15.7. The van der Waals surface area contributed by atoms with Crippen LogP contribution in [-0.2, 0) is 87.6 Å². The Balaban J connectivity index is 1.85. The lowest BCUT2D eigenvalue weighted by molar-refractivity contribution is -0.143. The third-order valence-electron chi connectivity index (χ3n) is 10.8. The van der Waals surface area contributed by atoms with E-state index >= 15 is 0 Å². The van der Waals surface area contributed by atoms with E-state index in [0.717, 1.165) is 4.90 Å². The van der Waals surface area contributed by atoms with E-state index in [-0.39, 0.29) is 71.6 Å². The van der Waals surface area contributed by atoms with Gasteiger partial charge < -0.3 is 80.3 Å². The van der Waals surface area contributed by atoms with Crippen LogP contribution < -0.4 is 37.6 Å². The number of rotatable bonds is 43. The Bertz CT molecular complexity index is 1890. The van der Waals surface area contributed by atoms with Crippen molar-refractivity contribution in [3.05, 3.63) is 29.8 Å². The van der Waals surface area contributed by atoms with E-state index in [4.69, 9.17) is 48.4 Å². The molecule has 1 aromatic carbocycles. The van der Waals surface area contributed by atoms with Gasteiger partial charge in [-0.05, 0) is 42.9 Å². The van der Waals surface area contributed by atoms with Gasteiger partial charge in [-0.1, -0.05) is 32.9 Å². The van der Waals surface area contributed by atoms with Gasteiger partial charge in [0.05, 0.1) is 99.1 Å². The van der Waals surface area contributed by atoms with Crippen LogP contribution in [0.25, 0.3) is 0 Å². The summed E-state index contributed by atoms with van der Waals surface area (Å²) in [5.41, 5.74) is 6.23. The Labute approximate surface area is 438 Å². The first-order valence-electron chi connectivity index (χ1n) is 25.1. The quantitative estimate of drug-likeness (QED) is 0.0242. The number of primary amides is 1. The van der Waals surface area contributed by atoms with Gasteiger partial charge in [-0.15, -0.1) is 0 Å². The van der Waals surface area contributed by atoms with Crippen molar-refractivity contribution in [1.29, 1.82) is 0 Å². The lowest BCUT2D eigenvalue weighted by Crippen LogP contribution is -2.58. The number of carbonyl (C=O) groups excluding carboxylic acids is 9. The van der Waals surface area contributed by atoms with Gasteiger partial charge in [0, 0.05) is 51.6 Å². The first kappa shape index (κ1) is 65.2. The highest BCUT2D eigenvalue weighted by atomic mass is 16.6. The maximum Gasteiger partial charge on any atom is 0.312 e. The summed E-state index contributed by atoms with van der Waals surface area (Å²) in [6.45, 7) is 11.4. The number of urea groups is 1. The Morgan fingerprint density at radius 3 is 1.64 bits per heavy atom. The third-order valence-corrected chi connectivity index (χ3v) is 10.8. The number of methoxy groups -OCH3 is 1. The maximum atomic E-state index is 13.9. The lowest BCUT2D eigenvalue weighted by atomic mass is 10.0. The summed E-state index contributed by atoms with van der Waals surface area (Å²) < 4.78 is 48.0. The maximum absolute atomic E-state index is 13.9. The molecule has 26 nitrogen and oxygen atoms in total. The van der Waals surface area contributed by atoms with E-state index in [1.54, 1.807) is 52.1 Å². The van der Waals surface area contributed by atoms with E-state index in [1.165, 1.54) is 6.92 Å². The number of nitrogens with zero attached hydrogens (tertiary/aromatic N) is 1. The van der Waals surface area contributed by atoms with E-state index in [1.807, 2.05) is 0 Å². The summed E-state index contributed by atoms with van der Waals surface area (Å²) in [6.07, 6.45) is 0.0115. The molecule has 1 fully saturated rings. The number of nitrogens with one attached hydrogen (secondary N) is 6. The van der Waals surface area contributed by atoms with Gasteiger partial charge in [-0.25, -0.2) is 4.79 Å². The van der Waals surface area contributed by atoms with Crippen LogP contribution in [0.5, 0.6) is 0 Å². The molecule has 26 heteroatoms. The lowest BCUT2D eigenvalue weighted by Gasteiger charge is -2.27. The van der Waals surface area contributed by atoms with Crippen LogP contribution in [0.1, 0.15) is 65.4 Å². The molecule has 0 aromatic heterocycles. The molecule has 1 aliphatic heterocycles. The van der Waals surface area contributed by atoms with Crippen molar-refractivity contribution in [2.45, 2.75) is 84.5 Å². The SMILES string of the molecule is COCCOCCOCCOCCOCCOCCOCCOCCC(=O)NCC[C@H](NC(=O)CN1C(=O)CC(C)C1=O)C(=O)N[C@H](C(=O)NC(CCCNC(N)=O)C(=O)Nc1ccc(COC(C)=O)cc1)C(C)C. The summed E-state index contributed by atoms with van der Waals surface area (Å²) in [4.78, 5) is 116. The zero-order valence-electron chi connectivity index (χ0n) is 44.0. The smallest absolute Gasteiger partial charge is 0.312 e. The average Bonchev–Trinajstić information content (AvgIpc) is 3.60. The molecule has 8 N–H and O–H groups in total. The minimum Gasteiger partial charge on any atom is -0.461 e. The van der Waals surface area contributed by atoms with Crippen molar-refractivity contribution in [3.8, 4) is 0 Å². The topological polar surface area (TPSA) is 338 Å². The highest BCUT2D eigenvalue weighted by Gasteiger charge is 2.38. The van der Waals surface area contributed by atoms with Crippen LogP contribution in [0, 0.1) is 11.8 Å². The van der Waals surface area contributed by atoms with E-state index in [0.29, 0.717) is 90.5 Å². The number of benzene rings is 1. The van der Waals surface area contributed by atoms with Gasteiger partial charge in [0.15, 0.2) is 0 Å². The monoisotopic (exact) mass is 1070 g/mol. The summed E-state index contributed by atoms with van der Waals surface area (Å²) in [7, 11) is 1.62. The second kappa shape index (κ2) is 39.5. The van der Waals surface area contributed by atoms with Crippen LogP contribution in [-0.4, -0.2) is 202 Å². The number of nitrogens with two attached hydrogens (primary N) is 1. The van der Waals surface area contributed by atoms with E-state index in [2.05, 4.69) is 31.9 Å². The summed E-state index contributed by atoms with van der Waals surface area (Å²) in [6, 6.07) is 1.91. The number of ether oxygens (including phenoxy) is 9. The molecule has 75 heavy (non-hydrogen) atoms. The molecule has 1 saturated heterocycles. The number of likely N-dealkylation sites (tertiary alicyclic amines) is 1. The van der Waals surface area contributed by atoms with Crippen molar-refractivity contribution < 1.29 is 85.8 Å². The minimum atomic E-state index is -1.36. The summed E-state index contributed by atoms with van der Waals surface area (Å²) in [5.74, 6) is -6.12. The molecular weight excluding hydrogens is 989 g/mol. The molecule has 0 bridgehead atoms. The van der Waals surface area contributed by atoms with Gasteiger partial charge in [0.2, 0.25) is 41.4 Å². The first-order chi connectivity index (χ1) is 36.0. The number of hydrogen-bond acceptors (Lipinski definition) is 18. The second-order valence-electron chi connectivity index (χ2n) is 17.4. The molecule has 4 atom stereocenters. The Morgan fingerprint density at radius 2 is 1.16 bits per heavy atom. The summed E-state index contributed by atoms with van der Waals surface area (Å²) >= 11 is 0. The van der Waals surface area contributed by atoms with E-state index in [9.17, 15) is 43.2 Å².